The summed E-state index contributed by atoms with van der Waals surface area (Å²) in [6.45, 7) is 4.77. The summed E-state index contributed by atoms with van der Waals surface area (Å²) in [5.74, 6) is 6.15. The van der Waals surface area contributed by atoms with Gasteiger partial charge in [-0.2, -0.15) is 0 Å². The maximum absolute atomic E-state index is 5.76. The number of rotatable bonds is 4. The predicted molar refractivity (Wildman–Crippen MR) is 74.5 cm³/mol. The highest BCUT2D eigenvalue weighted by Crippen LogP contribution is 2.18. The summed E-state index contributed by atoms with van der Waals surface area (Å²) in [5.41, 5.74) is 7.18. The average molecular weight is 242 g/mol. The van der Waals surface area contributed by atoms with Gasteiger partial charge in [-0.3, -0.25) is 5.84 Å². The summed E-state index contributed by atoms with van der Waals surface area (Å²) in [5, 5.41) is 0. The van der Waals surface area contributed by atoms with Gasteiger partial charge in [-0.05, 0) is 49.2 Å². The fourth-order valence-corrected chi connectivity index (χ4v) is 1.76. The second kappa shape index (κ2) is 5.56. The Kier molecular flexibility index (Phi) is 3.85. The SMILES string of the molecule is Cc1ccc(C)c(COc2ccc(NN)cc2)c1. The smallest absolute Gasteiger partial charge is 0.119 e. The average Bonchev–Trinajstić information content (AvgIpc) is 2.40. The summed E-state index contributed by atoms with van der Waals surface area (Å²) in [6, 6.07) is 14.0. The van der Waals surface area contributed by atoms with E-state index in [1.165, 1.54) is 16.7 Å². The Bertz CT molecular complexity index is 521. The summed E-state index contributed by atoms with van der Waals surface area (Å²) < 4.78 is 5.76. The Labute approximate surface area is 108 Å². The number of ether oxygens (including phenoxy) is 1. The van der Waals surface area contributed by atoms with Gasteiger partial charge >= 0.3 is 0 Å². The first-order valence-corrected chi connectivity index (χ1v) is 5.94. The Morgan fingerprint density at radius 1 is 1.06 bits per heavy atom. The van der Waals surface area contributed by atoms with Crippen LogP contribution >= 0.6 is 0 Å². The molecule has 0 aliphatic heterocycles. The maximum atomic E-state index is 5.76. The molecule has 94 valence electrons. The van der Waals surface area contributed by atoms with E-state index < -0.39 is 0 Å². The Morgan fingerprint density at radius 3 is 2.44 bits per heavy atom. The predicted octanol–water partition coefficient (Wildman–Crippen LogP) is 3.17. The molecule has 3 nitrogen and oxygen atoms in total. The molecule has 0 saturated heterocycles. The molecule has 0 aliphatic carbocycles. The molecule has 0 amide bonds. The van der Waals surface area contributed by atoms with E-state index in [1.807, 2.05) is 24.3 Å². The number of hydrazine groups is 1. The van der Waals surface area contributed by atoms with Crippen LogP contribution in [-0.2, 0) is 6.61 Å². The first-order chi connectivity index (χ1) is 8.69. The number of hydrogen-bond acceptors (Lipinski definition) is 3. The molecule has 3 heteroatoms. The zero-order valence-corrected chi connectivity index (χ0v) is 10.7. The molecule has 18 heavy (non-hydrogen) atoms. The Morgan fingerprint density at radius 2 is 1.78 bits per heavy atom. The van der Waals surface area contributed by atoms with Crippen molar-refractivity contribution in [2.75, 3.05) is 5.43 Å². The highest BCUT2D eigenvalue weighted by Gasteiger charge is 2.00. The van der Waals surface area contributed by atoms with Gasteiger partial charge in [0.2, 0.25) is 0 Å². The van der Waals surface area contributed by atoms with Crippen LogP contribution in [0, 0.1) is 13.8 Å². The molecule has 2 aromatic rings. The molecule has 3 N–H and O–H groups in total. The van der Waals surface area contributed by atoms with E-state index in [0.717, 1.165) is 11.4 Å². The lowest BCUT2D eigenvalue weighted by molar-refractivity contribution is 0.305. The van der Waals surface area contributed by atoms with E-state index in [1.54, 1.807) is 0 Å². The third-order valence-electron chi connectivity index (χ3n) is 2.92. The third-order valence-corrected chi connectivity index (χ3v) is 2.92. The first kappa shape index (κ1) is 12.5. The fourth-order valence-electron chi connectivity index (χ4n) is 1.76. The van der Waals surface area contributed by atoms with Crippen molar-refractivity contribution in [3.63, 3.8) is 0 Å². The van der Waals surface area contributed by atoms with Crippen molar-refractivity contribution in [3.05, 3.63) is 59.2 Å². The van der Waals surface area contributed by atoms with Gasteiger partial charge in [0.05, 0.1) is 0 Å². The molecule has 0 aromatic heterocycles. The molecule has 2 rings (SSSR count). The van der Waals surface area contributed by atoms with Crippen LogP contribution in [0.2, 0.25) is 0 Å². The highest BCUT2D eigenvalue weighted by atomic mass is 16.5. The first-order valence-electron chi connectivity index (χ1n) is 5.94. The van der Waals surface area contributed by atoms with Crippen LogP contribution in [0.5, 0.6) is 5.75 Å². The number of nitrogens with two attached hydrogens (primary N) is 1. The molecular weight excluding hydrogens is 224 g/mol. The van der Waals surface area contributed by atoms with Crippen molar-refractivity contribution < 1.29 is 4.74 Å². The van der Waals surface area contributed by atoms with Crippen molar-refractivity contribution >= 4 is 5.69 Å². The number of nitrogen functional groups attached to an aromatic ring is 1. The topological polar surface area (TPSA) is 47.3 Å². The van der Waals surface area contributed by atoms with Gasteiger partial charge in [0.25, 0.3) is 0 Å². The molecule has 0 unspecified atom stereocenters. The second-order valence-electron chi connectivity index (χ2n) is 4.39. The van der Waals surface area contributed by atoms with Gasteiger partial charge in [-0.15, -0.1) is 0 Å². The van der Waals surface area contributed by atoms with E-state index in [2.05, 4.69) is 37.5 Å². The molecule has 0 saturated carbocycles. The zero-order chi connectivity index (χ0) is 13.0. The lowest BCUT2D eigenvalue weighted by atomic mass is 10.1. The third kappa shape index (κ3) is 3.02. The normalized spacial score (nSPS) is 10.2. The van der Waals surface area contributed by atoms with E-state index in [9.17, 15) is 0 Å². The quantitative estimate of drug-likeness (QED) is 0.639. The lowest BCUT2D eigenvalue weighted by Gasteiger charge is -2.10. The van der Waals surface area contributed by atoms with E-state index >= 15 is 0 Å². The number of nitrogens with one attached hydrogen (secondary N) is 1. The van der Waals surface area contributed by atoms with Crippen LogP contribution in [0.25, 0.3) is 0 Å². The van der Waals surface area contributed by atoms with Crippen LogP contribution in [0.15, 0.2) is 42.5 Å². The van der Waals surface area contributed by atoms with E-state index in [-0.39, 0.29) is 0 Å². The van der Waals surface area contributed by atoms with Gasteiger partial charge in [0, 0.05) is 5.69 Å². The highest BCUT2D eigenvalue weighted by molar-refractivity contribution is 5.45. The maximum Gasteiger partial charge on any atom is 0.119 e. The summed E-state index contributed by atoms with van der Waals surface area (Å²) in [4.78, 5) is 0. The zero-order valence-electron chi connectivity index (χ0n) is 10.7. The molecule has 0 aliphatic rings. The summed E-state index contributed by atoms with van der Waals surface area (Å²) in [6.07, 6.45) is 0. The standard InChI is InChI=1S/C15H18N2O/c1-11-3-4-12(2)13(9-11)10-18-15-7-5-14(17-16)6-8-15/h3-9,17H,10,16H2,1-2H3. The molecule has 0 radical (unpaired) electrons. The van der Waals surface area contributed by atoms with Gasteiger partial charge < -0.3 is 10.2 Å². The van der Waals surface area contributed by atoms with Gasteiger partial charge in [0.1, 0.15) is 12.4 Å². The number of hydrogen-bond donors (Lipinski definition) is 2. The second-order valence-corrected chi connectivity index (χ2v) is 4.39. The number of anilines is 1. The minimum atomic E-state index is 0.586. The molecule has 0 spiro atoms. The van der Waals surface area contributed by atoms with Crippen molar-refractivity contribution in [2.24, 2.45) is 5.84 Å². The molecule has 0 fully saturated rings. The minimum Gasteiger partial charge on any atom is -0.489 e. The molecule has 0 bridgehead atoms. The number of aryl methyl sites for hydroxylation is 2. The Balaban J connectivity index is 2.04. The van der Waals surface area contributed by atoms with Crippen molar-refractivity contribution in [2.45, 2.75) is 20.5 Å². The van der Waals surface area contributed by atoms with Crippen LogP contribution in [0.1, 0.15) is 16.7 Å². The Hall–Kier alpha value is -2.00. The molecular formula is C15H18N2O. The van der Waals surface area contributed by atoms with Gasteiger partial charge in [0.15, 0.2) is 0 Å². The van der Waals surface area contributed by atoms with Gasteiger partial charge in [-0.1, -0.05) is 23.8 Å². The van der Waals surface area contributed by atoms with E-state index in [0.29, 0.717) is 6.61 Å². The molecule has 0 heterocycles. The van der Waals surface area contributed by atoms with Crippen LogP contribution in [0.3, 0.4) is 0 Å². The van der Waals surface area contributed by atoms with Crippen LogP contribution < -0.4 is 16.0 Å². The van der Waals surface area contributed by atoms with Crippen molar-refractivity contribution in [1.29, 1.82) is 0 Å². The lowest BCUT2D eigenvalue weighted by Crippen LogP contribution is -2.06. The fraction of sp³-hybridized carbons (Fsp3) is 0.200. The van der Waals surface area contributed by atoms with Gasteiger partial charge in [-0.25, -0.2) is 0 Å². The van der Waals surface area contributed by atoms with Crippen LogP contribution in [-0.4, -0.2) is 0 Å². The van der Waals surface area contributed by atoms with Crippen LogP contribution in [0.4, 0.5) is 5.69 Å². The molecule has 0 atom stereocenters. The van der Waals surface area contributed by atoms with E-state index in [4.69, 9.17) is 10.6 Å². The molecule has 2 aromatic carbocycles. The minimum absolute atomic E-state index is 0.586. The summed E-state index contributed by atoms with van der Waals surface area (Å²) >= 11 is 0. The van der Waals surface area contributed by atoms with Crippen molar-refractivity contribution in [3.8, 4) is 5.75 Å². The summed E-state index contributed by atoms with van der Waals surface area (Å²) in [7, 11) is 0. The largest absolute Gasteiger partial charge is 0.489 e. The monoisotopic (exact) mass is 242 g/mol. The number of benzene rings is 2. The van der Waals surface area contributed by atoms with Crippen molar-refractivity contribution in [1.82, 2.24) is 0 Å².